The van der Waals surface area contributed by atoms with Gasteiger partial charge in [0.2, 0.25) is 0 Å². The van der Waals surface area contributed by atoms with Gasteiger partial charge in [0.05, 0.1) is 0 Å². The van der Waals surface area contributed by atoms with Gasteiger partial charge in [0.1, 0.15) is 0 Å². The third kappa shape index (κ3) is 0.787. The summed E-state index contributed by atoms with van der Waals surface area (Å²) in [6.45, 7) is 4.94. The number of fused-ring (bicyclic) bond motifs is 1. The summed E-state index contributed by atoms with van der Waals surface area (Å²) in [5.41, 5.74) is 0. The molecular weight excluding hydrogens is 110 g/mol. The molecule has 0 bridgehead atoms. The van der Waals surface area contributed by atoms with E-state index in [4.69, 9.17) is 0 Å². The van der Waals surface area contributed by atoms with Gasteiger partial charge in [-0.25, -0.2) is 0 Å². The van der Waals surface area contributed by atoms with Gasteiger partial charge in [-0.05, 0) is 43.7 Å². The zero-order valence-corrected chi connectivity index (χ0v) is 6.06. The number of piperidine rings is 1. The topological polar surface area (TPSA) is 12.0 Å². The molecule has 0 spiro atoms. The van der Waals surface area contributed by atoms with Gasteiger partial charge < -0.3 is 5.32 Å². The van der Waals surface area contributed by atoms with Crippen LogP contribution in [0.2, 0.25) is 0 Å². The molecule has 3 atom stereocenters. The quantitative estimate of drug-likeness (QED) is 0.514. The molecule has 1 saturated carbocycles. The van der Waals surface area contributed by atoms with Crippen LogP contribution in [0.1, 0.15) is 19.8 Å². The van der Waals surface area contributed by atoms with Crippen molar-refractivity contribution in [1.29, 1.82) is 0 Å². The van der Waals surface area contributed by atoms with Crippen LogP contribution in [0.25, 0.3) is 0 Å². The molecule has 0 radical (unpaired) electrons. The average molecular weight is 125 g/mol. The third-order valence-electron chi connectivity index (χ3n) is 3.08. The van der Waals surface area contributed by atoms with E-state index in [1.54, 1.807) is 0 Å². The molecule has 2 aliphatic rings. The van der Waals surface area contributed by atoms with Crippen molar-refractivity contribution >= 4 is 0 Å². The monoisotopic (exact) mass is 125 g/mol. The lowest BCUT2D eigenvalue weighted by molar-refractivity contribution is 0.0771. The zero-order chi connectivity index (χ0) is 6.27. The average Bonchev–Trinajstić information content (AvgIpc) is 1.74. The van der Waals surface area contributed by atoms with Gasteiger partial charge >= 0.3 is 0 Å². The molecule has 9 heavy (non-hydrogen) atoms. The number of hydrogen-bond donors (Lipinski definition) is 1. The molecule has 0 aromatic rings. The summed E-state index contributed by atoms with van der Waals surface area (Å²) in [6.07, 6.45) is 3.00. The predicted octanol–water partition coefficient (Wildman–Crippen LogP) is 1.25. The molecule has 2 fully saturated rings. The minimum Gasteiger partial charge on any atom is -0.316 e. The Morgan fingerprint density at radius 3 is 2.56 bits per heavy atom. The summed E-state index contributed by atoms with van der Waals surface area (Å²) in [7, 11) is 0. The second kappa shape index (κ2) is 1.98. The van der Waals surface area contributed by atoms with E-state index in [2.05, 4.69) is 12.2 Å². The van der Waals surface area contributed by atoms with E-state index in [1.165, 1.54) is 25.9 Å². The Bertz CT molecular complexity index is 105. The van der Waals surface area contributed by atoms with Gasteiger partial charge in [0.15, 0.2) is 0 Å². The Morgan fingerprint density at radius 2 is 2.11 bits per heavy atom. The van der Waals surface area contributed by atoms with Crippen molar-refractivity contribution in [1.82, 2.24) is 5.32 Å². The lowest BCUT2D eigenvalue weighted by Gasteiger charge is -2.45. The Labute approximate surface area is 56.8 Å². The molecule has 1 aliphatic heterocycles. The van der Waals surface area contributed by atoms with E-state index in [-0.39, 0.29) is 0 Å². The molecule has 1 N–H and O–H groups in total. The second-order valence-electron chi connectivity index (χ2n) is 3.64. The van der Waals surface area contributed by atoms with E-state index in [9.17, 15) is 0 Å². The number of nitrogens with one attached hydrogen (secondary N) is 1. The fraction of sp³-hybridized carbons (Fsp3) is 1.00. The molecule has 0 aromatic heterocycles. The van der Waals surface area contributed by atoms with Gasteiger partial charge in [-0.3, -0.25) is 0 Å². The molecule has 0 amide bonds. The summed E-state index contributed by atoms with van der Waals surface area (Å²) >= 11 is 0. The van der Waals surface area contributed by atoms with Crippen molar-refractivity contribution in [2.45, 2.75) is 19.8 Å². The lowest BCUT2D eigenvalue weighted by atomic mass is 9.65. The molecule has 1 saturated heterocycles. The molecular formula is C8H15N. The fourth-order valence-corrected chi connectivity index (χ4v) is 2.25. The van der Waals surface area contributed by atoms with E-state index < -0.39 is 0 Å². The first-order valence-electron chi connectivity index (χ1n) is 4.08. The number of hydrogen-bond acceptors (Lipinski definition) is 1. The predicted molar refractivity (Wildman–Crippen MR) is 38.2 cm³/mol. The highest BCUT2D eigenvalue weighted by Crippen LogP contribution is 2.40. The van der Waals surface area contributed by atoms with E-state index >= 15 is 0 Å². The van der Waals surface area contributed by atoms with Gasteiger partial charge in [-0.15, -0.1) is 0 Å². The minimum absolute atomic E-state index is 0.956. The third-order valence-corrected chi connectivity index (χ3v) is 3.08. The largest absolute Gasteiger partial charge is 0.316 e. The molecule has 52 valence electrons. The van der Waals surface area contributed by atoms with Gasteiger partial charge in [0, 0.05) is 0 Å². The molecule has 1 heteroatoms. The van der Waals surface area contributed by atoms with Crippen LogP contribution in [0.5, 0.6) is 0 Å². The summed E-state index contributed by atoms with van der Waals surface area (Å²) in [5, 5.41) is 3.47. The van der Waals surface area contributed by atoms with Crippen molar-refractivity contribution in [3.05, 3.63) is 0 Å². The molecule has 1 heterocycles. The van der Waals surface area contributed by atoms with Crippen molar-refractivity contribution < 1.29 is 0 Å². The summed E-state index contributed by atoms with van der Waals surface area (Å²) in [4.78, 5) is 0. The first-order chi connectivity index (χ1) is 4.38. The van der Waals surface area contributed by atoms with Gasteiger partial charge in [-0.1, -0.05) is 6.92 Å². The van der Waals surface area contributed by atoms with Crippen LogP contribution in [0.4, 0.5) is 0 Å². The summed E-state index contributed by atoms with van der Waals surface area (Å²) in [5.74, 6) is 3.09. The second-order valence-corrected chi connectivity index (χ2v) is 3.64. The summed E-state index contributed by atoms with van der Waals surface area (Å²) < 4.78 is 0. The smallest absolute Gasteiger partial charge is 0.00176 e. The molecule has 1 nitrogen and oxygen atoms in total. The van der Waals surface area contributed by atoms with Crippen LogP contribution < -0.4 is 5.32 Å². The van der Waals surface area contributed by atoms with E-state index in [0.717, 1.165) is 17.8 Å². The van der Waals surface area contributed by atoms with Crippen molar-refractivity contribution in [3.63, 3.8) is 0 Å². The highest BCUT2D eigenvalue weighted by Gasteiger charge is 2.36. The Hall–Kier alpha value is -0.0400. The molecule has 3 unspecified atom stereocenters. The maximum absolute atomic E-state index is 3.47. The van der Waals surface area contributed by atoms with Crippen molar-refractivity contribution in [2.24, 2.45) is 17.8 Å². The van der Waals surface area contributed by atoms with Crippen LogP contribution in [0.15, 0.2) is 0 Å². The first-order valence-corrected chi connectivity index (χ1v) is 4.08. The highest BCUT2D eigenvalue weighted by atomic mass is 14.9. The zero-order valence-electron chi connectivity index (χ0n) is 6.06. The Morgan fingerprint density at radius 1 is 1.22 bits per heavy atom. The summed E-state index contributed by atoms with van der Waals surface area (Å²) in [6, 6.07) is 0. The Kier molecular flexibility index (Phi) is 1.26. The normalized spacial score (nSPS) is 49.7. The maximum Gasteiger partial charge on any atom is -0.00176 e. The number of rotatable bonds is 0. The SMILES string of the molecule is CC1CNCC2CCC12. The van der Waals surface area contributed by atoms with Gasteiger partial charge in [0.25, 0.3) is 0 Å². The Balaban J connectivity index is 1.98. The van der Waals surface area contributed by atoms with Crippen LogP contribution in [0, 0.1) is 17.8 Å². The van der Waals surface area contributed by atoms with E-state index in [1.807, 2.05) is 0 Å². The minimum atomic E-state index is 0.956. The van der Waals surface area contributed by atoms with Crippen molar-refractivity contribution in [2.75, 3.05) is 13.1 Å². The molecule has 0 aromatic carbocycles. The van der Waals surface area contributed by atoms with E-state index in [0.29, 0.717) is 0 Å². The first kappa shape index (κ1) is 5.72. The van der Waals surface area contributed by atoms with Gasteiger partial charge in [-0.2, -0.15) is 0 Å². The van der Waals surface area contributed by atoms with Crippen molar-refractivity contribution in [3.8, 4) is 0 Å². The lowest BCUT2D eigenvalue weighted by Crippen LogP contribution is -2.47. The standard InChI is InChI=1S/C8H15N/c1-6-4-9-5-7-2-3-8(6)7/h6-9H,2-5H2,1H3. The van der Waals surface area contributed by atoms with Crippen LogP contribution in [-0.4, -0.2) is 13.1 Å². The van der Waals surface area contributed by atoms with Crippen LogP contribution in [0.3, 0.4) is 0 Å². The molecule has 2 rings (SSSR count). The highest BCUT2D eigenvalue weighted by molar-refractivity contribution is 4.89. The molecule has 1 aliphatic carbocycles. The van der Waals surface area contributed by atoms with Crippen LogP contribution >= 0.6 is 0 Å². The van der Waals surface area contributed by atoms with Crippen LogP contribution in [-0.2, 0) is 0 Å². The fourth-order valence-electron chi connectivity index (χ4n) is 2.25. The maximum atomic E-state index is 3.47.